The van der Waals surface area contributed by atoms with Crippen LogP contribution >= 0.6 is 0 Å². The van der Waals surface area contributed by atoms with Gasteiger partial charge in [-0.25, -0.2) is 8.78 Å². The van der Waals surface area contributed by atoms with Crippen LogP contribution in [-0.4, -0.2) is 66.7 Å². The van der Waals surface area contributed by atoms with E-state index in [1.165, 1.54) is 0 Å². The van der Waals surface area contributed by atoms with E-state index in [9.17, 15) is 22.0 Å². The zero-order valence-electron chi connectivity index (χ0n) is 18.3. The fourth-order valence-corrected chi connectivity index (χ4v) is 5.33. The number of ether oxygens (including phenoxy) is 2. The molecule has 1 aliphatic carbocycles. The first-order chi connectivity index (χ1) is 16.3. The highest BCUT2D eigenvalue weighted by molar-refractivity contribution is 5.63. The quantitative estimate of drug-likeness (QED) is 0.648. The average Bonchev–Trinajstić information content (AvgIpc) is 3.33. The van der Waals surface area contributed by atoms with E-state index >= 15 is 0 Å². The Morgan fingerprint density at radius 1 is 1.03 bits per heavy atom. The Morgan fingerprint density at radius 3 is 2.47 bits per heavy atom. The van der Waals surface area contributed by atoms with Gasteiger partial charge in [-0.2, -0.15) is 13.2 Å². The summed E-state index contributed by atoms with van der Waals surface area (Å²) in [7, 11) is 0. The van der Waals surface area contributed by atoms with Gasteiger partial charge in [0.15, 0.2) is 5.82 Å². The molecule has 0 bridgehead atoms. The first kappa shape index (κ1) is 23.4. The topological polar surface area (TPSA) is 59.5 Å². The predicted octanol–water partition coefficient (Wildman–Crippen LogP) is 3.98. The van der Waals surface area contributed by atoms with Crippen molar-refractivity contribution in [2.24, 2.45) is 11.8 Å². The summed E-state index contributed by atoms with van der Waals surface area (Å²) in [5.74, 6) is -1.27. The fraction of sp³-hybridized carbons (Fsp3) is 0.565. The van der Waals surface area contributed by atoms with Crippen molar-refractivity contribution in [3.8, 4) is 11.3 Å². The summed E-state index contributed by atoms with van der Waals surface area (Å²) < 4.78 is 80.2. The van der Waals surface area contributed by atoms with E-state index in [1.54, 1.807) is 0 Å². The van der Waals surface area contributed by atoms with E-state index in [-0.39, 0.29) is 29.2 Å². The lowest BCUT2D eigenvalue weighted by molar-refractivity contribution is -0.137. The maximum absolute atomic E-state index is 14.1. The van der Waals surface area contributed by atoms with Gasteiger partial charge < -0.3 is 19.7 Å². The van der Waals surface area contributed by atoms with Crippen LogP contribution in [-0.2, 0) is 15.7 Å². The van der Waals surface area contributed by atoms with E-state index < -0.39 is 23.4 Å². The SMILES string of the molecule is Fc1ccc(F)c(-c2cc(C(F)(F)F)c(NC3C[C@@H]4CN(CC5COCCO5)C[C@@H]4C3)nn2)c1. The molecule has 1 N–H and O–H groups in total. The number of benzene rings is 1. The van der Waals surface area contributed by atoms with Crippen LogP contribution in [0, 0.1) is 23.5 Å². The lowest BCUT2D eigenvalue weighted by atomic mass is 10.0. The van der Waals surface area contributed by atoms with Crippen molar-refractivity contribution < 1.29 is 31.4 Å². The minimum Gasteiger partial charge on any atom is -0.376 e. The van der Waals surface area contributed by atoms with Gasteiger partial charge >= 0.3 is 6.18 Å². The van der Waals surface area contributed by atoms with Crippen LogP contribution in [0.25, 0.3) is 11.3 Å². The molecule has 11 heteroatoms. The molecular weight excluding hydrogens is 459 g/mol. The number of anilines is 1. The van der Waals surface area contributed by atoms with Crippen molar-refractivity contribution in [3.05, 3.63) is 41.5 Å². The Labute approximate surface area is 193 Å². The summed E-state index contributed by atoms with van der Waals surface area (Å²) in [6.07, 6.45) is -3.22. The molecule has 3 fully saturated rings. The summed E-state index contributed by atoms with van der Waals surface area (Å²) in [6, 6.07) is 3.09. The highest BCUT2D eigenvalue weighted by atomic mass is 19.4. The largest absolute Gasteiger partial charge is 0.420 e. The number of hydrogen-bond donors (Lipinski definition) is 1. The van der Waals surface area contributed by atoms with Crippen LogP contribution in [0.2, 0.25) is 0 Å². The molecule has 0 radical (unpaired) electrons. The molecule has 1 aromatic carbocycles. The normalized spacial score (nSPS) is 27.7. The Bertz CT molecular complexity index is 1020. The van der Waals surface area contributed by atoms with Crippen LogP contribution in [0.3, 0.4) is 0 Å². The summed E-state index contributed by atoms with van der Waals surface area (Å²) >= 11 is 0. The lowest BCUT2D eigenvalue weighted by Gasteiger charge is -2.28. The first-order valence-electron chi connectivity index (χ1n) is 11.3. The number of likely N-dealkylation sites (tertiary alicyclic amines) is 1. The summed E-state index contributed by atoms with van der Waals surface area (Å²) in [4.78, 5) is 2.34. The molecule has 4 atom stereocenters. The number of aromatic nitrogens is 2. The molecular formula is C23H25F5N4O2. The second-order valence-electron chi connectivity index (χ2n) is 9.23. The maximum atomic E-state index is 14.1. The van der Waals surface area contributed by atoms with Crippen molar-refractivity contribution in [3.63, 3.8) is 0 Å². The predicted molar refractivity (Wildman–Crippen MR) is 113 cm³/mol. The van der Waals surface area contributed by atoms with Crippen molar-refractivity contribution in [1.82, 2.24) is 15.1 Å². The molecule has 5 rings (SSSR count). The third kappa shape index (κ3) is 5.01. The van der Waals surface area contributed by atoms with Gasteiger partial charge in [-0.05, 0) is 48.9 Å². The second-order valence-corrected chi connectivity index (χ2v) is 9.23. The number of alkyl halides is 3. The third-order valence-electron chi connectivity index (χ3n) is 6.82. The highest BCUT2D eigenvalue weighted by Gasteiger charge is 2.43. The summed E-state index contributed by atoms with van der Waals surface area (Å²) in [5.41, 5.74) is -1.79. The van der Waals surface area contributed by atoms with Crippen molar-refractivity contribution in [2.75, 3.05) is 44.8 Å². The molecule has 1 saturated carbocycles. The number of nitrogens with one attached hydrogen (secondary N) is 1. The zero-order chi connectivity index (χ0) is 23.9. The van der Waals surface area contributed by atoms with Crippen LogP contribution < -0.4 is 5.32 Å². The standard InChI is InChI=1S/C23H25F5N4O2/c24-15-1-2-20(25)18(7-15)21-8-19(23(26,27)28)22(31-30-21)29-16-5-13-9-32(10-14(13)6-16)11-17-12-33-3-4-34-17/h1-2,7-8,13-14,16-17H,3-6,9-12H2,(H,29,31)/t13-,14+,16?,17?. The van der Waals surface area contributed by atoms with E-state index in [2.05, 4.69) is 20.4 Å². The number of rotatable bonds is 5. The molecule has 2 saturated heterocycles. The van der Waals surface area contributed by atoms with Gasteiger partial charge in [0.25, 0.3) is 0 Å². The van der Waals surface area contributed by atoms with Gasteiger partial charge in [-0.3, -0.25) is 0 Å². The molecule has 34 heavy (non-hydrogen) atoms. The highest BCUT2D eigenvalue weighted by Crippen LogP contribution is 2.41. The fourth-order valence-electron chi connectivity index (χ4n) is 5.33. The minimum absolute atomic E-state index is 0.0626. The molecule has 0 amide bonds. The van der Waals surface area contributed by atoms with Crippen molar-refractivity contribution >= 4 is 5.82 Å². The molecule has 184 valence electrons. The van der Waals surface area contributed by atoms with Crippen molar-refractivity contribution in [1.29, 1.82) is 0 Å². The van der Waals surface area contributed by atoms with Gasteiger partial charge in [-0.1, -0.05) is 0 Å². The number of hydrogen-bond acceptors (Lipinski definition) is 6. The molecule has 6 nitrogen and oxygen atoms in total. The number of halogens is 5. The van der Waals surface area contributed by atoms with Crippen LogP contribution in [0.1, 0.15) is 18.4 Å². The average molecular weight is 484 g/mol. The van der Waals surface area contributed by atoms with Crippen LogP contribution in [0.4, 0.5) is 27.8 Å². The van der Waals surface area contributed by atoms with E-state index in [1.807, 2.05) is 0 Å². The van der Waals surface area contributed by atoms with Gasteiger partial charge in [0.05, 0.1) is 31.6 Å². The Morgan fingerprint density at radius 2 is 1.79 bits per heavy atom. The molecule has 1 aromatic heterocycles. The monoisotopic (exact) mass is 484 g/mol. The van der Waals surface area contributed by atoms with E-state index in [4.69, 9.17) is 9.47 Å². The van der Waals surface area contributed by atoms with Gasteiger partial charge in [0.1, 0.15) is 17.2 Å². The number of fused-ring (bicyclic) bond motifs is 1. The Balaban J connectivity index is 1.26. The van der Waals surface area contributed by atoms with E-state index in [0.717, 1.165) is 56.7 Å². The number of nitrogens with zero attached hydrogens (tertiary/aromatic N) is 3. The smallest absolute Gasteiger partial charge is 0.376 e. The molecule has 3 aliphatic rings. The molecule has 2 aliphatic heterocycles. The van der Waals surface area contributed by atoms with Gasteiger partial charge in [0, 0.05) is 31.2 Å². The molecule has 3 heterocycles. The van der Waals surface area contributed by atoms with Gasteiger partial charge in [-0.15, -0.1) is 10.2 Å². The first-order valence-corrected chi connectivity index (χ1v) is 11.3. The lowest BCUT2D eigenvalue weighted by Crippen LogP contribution is -2.39. The van der Waals surface area contributed by atoms with Crippen molar-refractivity contribution in [2.45, 2.75) is 31.2 Å². The van der Waals surface area contributed by atoms with E-state index in [0.29, 0.717) is 31.7 Å². The summed E-state index contributed by atoms with van der Waals surface area (Å²) in [5, 5.41) is 10.4. The molecule has 2 unspecified atom stereocenters. The van der Waals surface area contributed by atoms with Crippen LogP contribution in [0.15, 0.2) is 24.3 Å². The summed E-state index contributed by atoms with van der Waals surface area (Å²) in [6.45, 7) is 4.36. The molecule has 2 aromatic rings. The Kier molecular flexibility index (Phi) is 6.43. The third-order valence-corrected chi connectivity index (χ3v) is 6.82. The zero-order valence-corrected chi connectivity index (χ0v) is 18.3. The van der Waals surface area contributed by atoms with Gasteiger partial charge in [0.2, 0.25) is 0 Å². The second kappa shape index (κ2) is 9.35. The Hall–Kier alpha value is -2.37. The minimum atomic E-state index is -4.73. The van der Waals surface area contributed by atoms with Crippen LogP contribution in [0.5, 0.6) is 0 Å². The molecule has 0 spiro atoms. The maximum Gasteiger partial charge on any atom is 0.420 e.